The van der Waals surface area contributed by atoms with Crippen LogP contribution in [0.2, 0.25) is 0 Å². The molecule has 0 saturated carbocycles. The lowest BCUT2D eigenvalue weighted by Crippen LogP contribution is -2.29. The molecule has 0 aliphatic rings. The van der Waals surface area contributed by atoms with Crippen molar-refractivity contribution in [3.05, 3.63) is 0 Å². The Morgan fingerprint density at radius 3 is 1.80 bits per heavy atom. The van der Waals surface area contributed by atoms with Gasteiger partial charge in [-0.2, -0.15) is 0 Å². The van der Waals surface area contributed by atoms with Crippen LogP contribution in [0.4, 0.5) is 4.79 Å². The average Bonchev–Trinajstić information content (AvgIpc) is 1.99. The lowest BCUT2D eigenvalue weighted by Gasteiger charge is -2.20. The fraction of sp³-hybridized carbons (Fsp3) is 0.800. The van der Waals surface area contributed by atoms with E-state index in [2.05, 4.69) is 0 Å². The van der Waals surface area contributed by atoms with Crippen molar-refractivity contribution in [2.75, 3.05) is 0 Å². The van der Waals surface area contributed by atoms with Crippen molar-refractivity contribution >= 4 is 12.1 Å². The van der Waals surface area contributed by atoms with E-state index in [9.17, 15) is 9.59 Å². The van der Waals surface area contributed by atoms with Gasteiger partial charge in [-0.3, -0.25) is 4.79 Å². The van der Waals surface area contributed by atoms with E-state index >= 15 is 0 Å². The van der Waals surface area contributed by atoms with Gasteiger partial charge in [-0.15, -0.1) is 0 Å². The van der Waals surface area contributed by atoms with Crippen LogP contribution in [0, 0.1) is 5.92 Å². The second-order valence-corrected chi connectivity index (χ2v) is 3.76. The van der Waals surface area contributed by atoms with Crippen LogP contribution in [0.3, 0.4) is 0 Å². The molecular formula is C10H18O5. The van der Waals surface area contributed by atoms with E-state index in [0.717, 1.165) is 0 Å². The third-order valence-corrected chi connectivity index (χ3v) is 1.37. The van der Waals surface area contributed by atoms with Gasteiger partial charge in [0.15, 0.2) is 0 Å². The van der Waals surface area contributed by atoms with Crippen LogP contribution in [-0.4, -0.2) is 24.5 Å². The minimum Gasteiger partial charge on any atom is -0.431 e. The fourth-order valence-electron chi connectivity index (χ4n) is 0.775. The summed E-state index contributed by atoms with van der Waals surface area (Å²) in [6, 6.07) is 0. The van der Waals surface area contributed by atoms with Gasteiger partial charge in [-0.05, 0) is 13.8 Å². The fourth-order valence-corrected chi connectivity index (χ4v) is 0.775. The monoisotopic (exact) mass is 218 g/mol. The third kappa shape index (κ3) is 6.76. The molecule has 0 N–H and O–H groups in total. The normalized spacial score (nSPS) is 12.5. The molecule has 0 rings (SSSR count). The van der Waals surface area contributed by atoms with Gasteiger partial charge in [0.1, 0.15) is 0 Å². The van der Waals surface area contributed by atoms with Crippen LogP contribution in [0.5, 0.6) is 0 Å². The van der Waals surface area contributed by atoms with Crippen LogP contribution < -0.4 is 0 Å². The molecule has 0 bridgehead atoms. The summed E-state index contributed by atoms with van der Waals surface area (Å²) in [6.45, 7) is 8.22. The van der Waals surface area contributed by atoms with Gasteiger partial charge < -0.3 is 14.2 Å². The predicted octanol–water partition coefficient (Wildman–Crippen LogP) is 2.09. The Labute approximate surface area is 89.7 Å². The summed E-state index contributed by atoms with van der Waals surface area (Å²) < 4.78 is 14.4. The van der Waals surface area contributed by atoms with Gasteiger partial charge in [0, 0.05) is 12.8 Å². The number of rotatable bonds is 4. The van der Waals surface area contributed by atoms with E-state index in [4.69, 9.17) is 14.2 Å². The molecule has 0 fully saturated rings. The molecule has 15 heavy (non-hydrogen) atoms. The Bertz CT molecular complexity index is 222. The van der Waals surface area contributed by atoms with Crippen LogP contribution in [0.15, 0.2) is 0 Å². The van der Waals surface area contributed by atoms with Gasteiger partial charge in [0.25, 0.3) is 6.29 Å². The molecule has 0 unspecified atom stereocenters. The van der Waals surface area contributed by atoms with Crippen molar-refractivity contribution in [3.8, 4) is 0 Å². The number of carbonyl (C=O) groups excluding carboxylic acids is 2. The molecule has 0 spiro atoms. The van der Waals surface area contributed by atoms with Crippen LogP contribution in [0.1, 0.15) is 34.6 Å². The molecular weight excluding hydrogens is 200 g/mol. The van der Waals surface area contributed by atoms with Crippen LogP contribution >= 0.6 is 0 Å². The van der Waals surface area contributed by atoms with Gasteiger partial charge in [0.2, 0.25) is 0 Å². The zero-order valence-corrected chi connectivity index (χ0v) is 9.77. The Hall–Kier alpha value is -1.26. The van der Waals surface area contributed by atoms with E-state index < -0.39 is 18.4 Å². The summed E-state index contributed by atoms with van der Waals surface area (Å²) in [6.07, 6.45) is -1.98. The highest BCUT2D eigenvalue weighted by molar-refractivity contribution is 5.66. The molecule has 0 radical (unpaired) electrons. The first-order valence-electron chi connectivity index (χ1n) is 4.87. The topological polar surface area (TPSA) is 61.8 Å². The summed E-state index contributed by atoms with van der Waals surface area (Å²) in [4.78, 5) is 21.8. The Balaban J connectivity index is 4.16. The smallest absolute Gasteiger partial charge is 0.431 e. The molecule has 0 aromatic carbocycles. The standard InChI is InChI=1S/C10H18O5/c1-6(2)9(14-8(5)11)15-10(12)13-7(3)4/h6-7,9H,1-5H3/t9-/m1/s1. The van der Waals surface area contributed by atoms with Crippen molar-refractivity contribution in [1.29, 1.82) is 0 Å². The second-order valence-electron chi connectivity index (χ2n) is 3.76. The highest BCUT2D eigenvalue weighted by Gasteiger charge is 2.22. The number of carbonyl (C=O) groups is 2. The van der Waals surface area contributed by atoms with Crippen molar-refractivity contribution in [3.63, 3.8) is 0 Å². The molecule has 5 heteroatoms. The lowest BCUT2D eigenvalue weighted by molar-refractivity contribution is -0.177. The average molecular weight is 218 g/mol. The maximum Gasteiger partial charge on any atom is 0.511 e. The van der Waals surface area contributed by atoms with E-state index in [0.29, 0.717) is 0 Å². The first-order chi connectivity index (χ1) is 6.82. The molecule has 0 saturated heterocycles. The van der Waals surface area contributed by atoms with Gasteiger partial charge in [-0.1, -0.05) is 13.8 Å². The molecule has 88 valence electrons. The Morgan fingerprint density at radius 1 is 0.933 bits per heavy atom. The van der Waals surface area contributed by atoms with E-state index in [-0.39, 0.29) is 12.0 Å². The molecule has 1 atom stereocenters. The summed E-state index contributed by atoms with van der Waals surface area (Å²) in [5, 5.41) is 0. The van der Waals surface area contributed by atoms with Gasteiger partial charge in [0.05, 0.1) is 6.10 Å². The quantitative estimate of drug-likeness (QED) is 0.534. The molecule has 0 amide bonds. The zero-order chi connectivity index (χ0) is 12.0. The second kappa shape index (κ2) is 6.27. The number of esters is 1. The Kier molecular flexibility index (Phi) is 5.74. The van der Waals surface area contributed by atoms with E-state index in [1.54, 1.807) is 27.7 Å². The summed E-state index contributed by atoms with van der Waals surface area (Å²) in [5.41, 5.74) is 0. The largest absolute Gasteiger partial charge is 0.511 e. The maximum absolute atomic E-state index is 11.1. The molecule has 0 aliphatic carbocycles. The van der Waals surface area contributed by atoms with Crippen LogP contribution in [0.25, 0.3) is 0 Å². The zero-order valence-electron chi connectivity index (χ0n) is 9.77. The van der Waals surface area contributed by atoms with E-state index in [1.165, 1.54) is 6.92 Å². The van der Waals surface area contributed by atoms with E-state index in [1.807, 2.05) is 0 Å². The number of hydrogen-bond acceptors (Lipinski definition) is 5. The van der Waals surface area contributed by atoms with Crippen molar-refractivity contribution in [1.82, 2.24) is 0 Å². The summed E-state index contributed by atoms with van der Waals surface area (Å²) >= 11 is 0. The SMILES string of the molecule is CC(=O)O[C@H](OC(=O)OC(C)C)C(C)C. The molecule has 0 heterocycles. The molecule has 0 aliphatic heterocycles. The summed E-state index contributed by atoms with van der Waals surface area (Å²) in [5.74, 6) is -0.611. The Morgan fingerprint density at radius 2 is 1.47 bits per heavy atom. The molecule has 5 nitrogen and oxygen atoms in total. The predicted molar refractivity (Wildman–Crippen MR) is 53.1 cm³/mol. The number of hydrogen-bond donors (Lipinski definition) is 0. The van der Waals surface area contributed by atoms with Crippen LogP contribution in [-0.2, 0) is 19.0 Å². The number of ether oxygens (including phenoxy) is 3. The highest BCUT2D eigenvalue weighted by atomic mass is 16.8. The van der Waals surface area contributed by atoms with Crippen molar-refractivity contribution in [2.24, 2.45) is 5.92 Å². The first-order valence-corrected chi connectivity index (χ1v) is 4.87. The lowest BCUT2D eigenvalue weighted by atomic mass is 10.2. The first kappa shape index (κ1) is 13.7. The maximum atomic E-state index is 11.1. The minimum absolute atomic E-state index is 0.117. The van der Waals surface area contributed by atoms with Crippen molar-refractivity contribution < 1.29 is 23.8 Å². The molecule has 0 aromatic heterocycles. The highest BCUT2D eigenvalue weighted by Crippen LogP contribution is 2.10. The minimum atomic E-state index is -0.895. The van der Waals surface area contributed by atoms with Crippen molar-refractivity contribution in [2.45, 2.75) is 47.0 Å². The molecule has 0 aromatic rings. The summed E-state index contributed by atoms with van der Waals surface area (Å²) in [7, 11) is 0. The van der Waals surface area contributed by atoms with Gasteiger partial charge >= 0.3 is 12.1 Å². The third-order valence-electron chi connectivity index (χ3n) is 1.37. The van der Waals surface area contributed by atoms with Gasteiger partial charge in [-0.25, -0.2) is 4.79 Å².